The molecule has 9 heteroatoms. The van der Waals surface area contributed by atoms with E-state index in [1.807, 2.05) is 4.72 Å². The Labute approximate surface area is 140 Å². The van der Waals surface area contributed by atoms with E-state index < -0.39 is 34.1 Å². The van der Waals surface area contributed by atoms with E-state index >= 15 is 0 Å². The van der Waals surface area contributed by atoms with Gasteiger partial charge in [-0.15, -0.1) is 0 Å². The highest BCUT2D eigenvalue weighted by Crippen LogP contribution is 2.38. The van der Waals surface area contributed by atoms with Crippen LogP contribution in [-0.4, -0.2) is 39.1 Å². The molecular weight excluding hydrogens is 338 g/mol. The van der Waals surface area contributed by atoms with Crippen LogP contribution in [0.3, 0.4) is 0 Å². The SMILES string of the molecule is CCOc1ccc(OCC(=O)OC(C)(C)C)c2c1C(=O)NS2(=O)=O. The molecule has 0 bridgehead atoms. The number of fused-ring (bicyclic) bond motifs is 1. The molecule has 2 rings (SSSR count). The lowest BCUT2D eigenvalue weighted by Crippen LogP contribution is -2.27. The third kappa shape index (κ3) is 3.78. The van der Waals surface area contributed by atoms with E-state index in [2.05, 4.69) is 0 Å². The Morgan fingerprint density at radius 1 is 1.17 bits per heavy atom. The van der Waals surface area contributed by atoms with E-state index in [4.69, 9.17) is 14.2 Å². The summed E-state index contributed by atoms with van der Waals surface area (Å²) >= 11 is 0. The molecule has 0 aliphatic carbocycles. The second kappa shape index (κ2) is 6.31. The Kier molecular flexibility index (Phi) is 4.75. The van der Waals surface area contributed by atoms with Crippen molar-refractivity contribution in [3.63, 3.8) is 0 Å². The van der Waals surface area contributed by atoms with E-state index in [-0.39, 0.29) is 28.6 Å². The van der Waals surface area contributed by atoms with Crippen LogP contribution in [0, 0.1) is 0 Å². The van der Waals surface area contributed by atoms with Crippen LogP contribution in [0.5, 0.6) is 11.5 Å². The maximum atomic E-state index is 12.1. The van der Waals surface area contributed by atoms with Crippen molar-refractivity contribution in [3.05, 3.63) is 17.7 Å². The molecule has 0 saturated carbocycles. The van der Waals surface area contributed by atoms with Gasteiger partial charge in [-0.05, 0) is 39.8 Å². The van der Waals surface area contributed by atoms with Crippen molar-refractivity contribution in [2.45, 2.75) is 38.2 Å². The first kappa shape index (κ1) is 18.1. The average molecular weight is 357 g/mol. The van der Waals surface area contributed by atoms with Crippen molar-refractivity contribution >= 4 is 21.9 Å². The number of hydrogen-bond acceptors (Lipinski definition) is 7. The normalized spacial score (nSPS) is 15.4. The molecule has 1 heterocycles. The number of sulfonamides is 1. The van der Waals surface area contributed by atoms with Crippen molar-refractivity contribution in [2.24, 2.45) is 0 Å². The summed E-state index contributed by atoms with van der Waals surface area (Å²) in [6.07, 6.45) is 0. The number of nitrogens with one attached hydrogen (secondary N) is 1. The fourth-order valence-corrected chi connectivity index (χ4v) is 3.45. The number of ether oxygens (including phenoxy) is 3. The third-order valence-electron chi connectivity index (χ3n) is 2.87. The van der Waals surface area contributed by atoms with Crippen molar-refractivity contribution < 1.29 is 32.2 Å². The number of carbonyl (C=O) groups is 2. The van der Waals surface area contributed by atoms with Crippen LogP contribution in [-0.2, 0) is 19.6 Å². The Bertz CT molecular complexity index is 778. The molecule has 1 aliphatic rings. The highest BCUT2D eigenvalue weighted by Gasteiger charge is 2.39. The van der Waals surface area contributed by atoms with Gasteiger partial charge >= 0.3 is 5.97 Å². The molecule has 0 aromatic heterocycles. The van der Waals surface area contributed by atoms with Crippen LogP contribution in [0.15, 0.2) is 17.0 Å². The van der Waals surface area contributed by atoms with Gasteiger partial charge in [-0.3, -0.25) is 4.79 Å². The number of benzene rings is 1. The number of hydrogen-bond donors (Lipinski definition) is 1. The predicted molar refractivity (Wildman–Crippen MR) is 83.6 cm³/mol. The fourth-order valence-electron chi connectivity index (χ4n) is 2.15. The lowest BCUT2D eigenvalue weighted by molar-refractivity contribution is -0.157. The minimum Gasteiger partial charge on any atom is -0.493 e. The van der Waals surface area contributed by atoms with Gasteiger partial charge in [0.2, 0.25) is 0 Å². The van der Waals surface area contributed by atoms with Gasteiger partial charge in [-0.2, -0.15) is 0 Å². The van der Waals surface area contributed by atoms with E-state index in [0.29, 0.717) is 0 Å². The molecule has 0 radical (unpaired) electrons. The second-order valence-electron chi connectivity index (χ2n) is 6.01. The number of esters is 1. The summed E-state index contributed by atoms with van der Waals surface area (Å²) in [6, 6.07) is 2.76. The predicted octanol–water partition coefficient (Wildman–Crippen LogP) is 1.24. The highest BCUT2D eigenvalue weighted by atomic mass is 32.2. The van der Waals surface area contributed by atoms with E-state index in [9.17, 15) is 18.0 Å². The molecule has 0 saturated heterocycles. The zero-order chi connectivity index (χ0) is 18.1. The van der Waals surface area contributed by atoms with Gasteiger partial charge in [0.1, 0.15) is 27.6 Å². The Hall–Kier alpha value is -2.29. The number of carbonyl (C=O) groups excluding carboxylic acids is 2. The van der Waals surface area contributed by atoms with Crippen LogP contribution in [0.2, 0.25) is 0 Å². The highest BCUT2D eigenvalue weighted by molar-refractivity contribution is 7.90. The van der Waals surface area contributed by atoms with Gasteiger partial charge in [0, 0.05) is 0 Å². The van der Waals surface area contributed by atoms with Gasteiger partial charge in [-0.25, -0.2) is 17.9 Å². The summed E-state index contributed by atoms with van der Waals surface area (Å²) in [4.78, 5) is 23.3. The summed E-state index contributed by atoms with van der Waals surface area (Å²) in [7, 11) is -4.07. The van der Waals surface area contributed by atoms with Gasteiger partial charge in [0.15, 0.2) is 6.61 Å². The quantitative estimate of drug-likeness (QED) is 0.790. The molecule has 1 aliphatic heterocycles. The minimum atomic E-state index is -4.07. The summed E-state index contributed by atoms with van der Waals surface area (Å²) in [5.41, 5.74) is -0.816. The summed E-state index contributed by atoms with van der Waals surface area (Å²) < 4.78 is 41.8. The first-order chi connectivity index (χ1) is 11.0. The Morgan fingerprint density at radius 2 is 1.79 bits per heavy atom. The first-order valence-corrected chi connectivity index (χ1v) is 8.75. The monoisotopic (exact) mass is 357 g/mol. The maximum absolute atomic E-state index is 12.1. The van der Waals surface area contributed by atoms with Gasteiger partial charge < -0.3 is 14.2 Å². The topological polar surface area (TPSA) is 108 Å². The lowest BCUT2D eigenvalue weighted by atomic mass is 10.1. The molecule has 24 heavy (non-hydrogen) atoms. The third-order valence-corrected chi connectivity index (χ3v) is 4.27. The summed E-state index contributed by atoms with van der Waals surface area (Å²) in [6.45, 7) is 6.59. The average Bonchev–Trinajstić information content (AvgIpc) is 2.67. The van der Waals surface area contributed by atoms with E-state index in [0.717, 1.165) is 0 Å². The molecule has 0 unspecified atom stereocenters. The van der Waals surface area contributed by atoms with Crippen LogP contribution < -0.4 is 14.2 Å². The van der Waals surface area contributed by atoms with E-state index in [1.165, 1.54) is 12.1 Å². The standard InChI is InChI=1S/C15H19NO7S/c1-5-21-9-6-7-10(22-8-11(17)23-15(2,3)4)13-12(9)14(18)16-24(13,19)20/h6-7H,5,8H2,1-4H3,(H,16,18). The lowest BCUT2D eigenvalue weighted by Gasteiger charge is -2.19. The maximum Gasteiger partial charge on any atom is 0.344 e. The number of rotatable bonds is 5. The molecule has 132 valence electrons. The van der Waals surface area contributed by atoms with E-state index in [1.54, 1.807) is 27.7 Å². The molecule has 1 amide bonds. The van der Waals surface area contributed by atoms with Gasteiger partial charge in [0.25, 0.3) is 15.9 Å². The molecule has 8 nitrogen and oxygen atoms in total. The molecule has 1 N–H and O–H groups in total. The Morgan fingerprint density at radius 3 is 2.38 bits per heavy atom. The van der Waals surface area contributed by atoms with Crippen molar-refractivity contribution in [2.75, 3.05) is 13.2 Å². The zero-order valence-electron chi connectivity index (χ0n) is 13.8. The Balaban J connectivity index is 2.33. The van der Waals surface area contributed by atoms with Crippen molar-refractivity contribution in [1.82, 2.24) is 4.72 Å². The van der Waals surface area contributed by atoms with Crippen molar-refractivity contribution in [1.29, 1.82) is 0 Å². The molecule has 0 fully saturated rings. The summed E-state index contributed by atoms with van der Waals surface area (Å²) in [5, 5.41) is 0. The van der Waals surface area contributed by atoms with Crippen LogP contribution in [0.1, 0.15) is 38.1 Å². The van der Waals surface area contributed by atoms with Crippen LogP contribution in [0.25, 0.3) is 0 Å². The molecular formula is C15H19NO7S. The van der Waals surface area contributed by atoms with Gasteiger partial charge in [0.05, 0.1) is 6.61 Å². The smallest absolute Gasteiger partial charge is 0.344 e. The fraction of sp³-hybridized carbons (Fsp3) is 0.467. The second-order valence-corrected chi connectivity index (χ2v) is 7.63. The molecule has 0 spiro atoms. The molecule has 1 aromatic carbocycles. The van der Waals surface area contributed by atoms with Gasteiger partial charge in [-0.1, -0.05) is 0 Å². The molecule has 1 aromatic rings. The van der Waals surface area contributed by atoms with Crippen LogP contribution >= 0.6 is 0 Å². The zero-order valence-corrected chi connectivity index (χ0v) is 14.7. The number of amides is 1. The summed E-state index contributed by atoms with van der Waals surface area (Å²) in [5.74, 6) is -1.43. The largest absolute Gasteiger partial charge is 0.493 e. The van der Waals surface area contributed by atoms with Crippen molar-refractivity contribution in [3.8, 4) is 11.5 Å². The molecule has 0 atom stereocenters. The minimum absolute atomic E-state index is 0.113. The van der Waals surface area contributed by atoms with Crippen LogP contribution in [0.4, 0.5) is 0 Å². The first-order valence-electron chi connectivity index (χ1n) is 7.27.